The molecule has 1 amide bonds. The van der Waals surface area contributed by atoms with Crippen molar-refractivity contribution in [2.45, 2.75) is 24.1 Å². The highest BCUT2D eigenvalue weighted by atomic mass is 19.4. The van der Waals surface area contributed by atoms with Crippen LogP contribution in [0.25, 0.3) is 0 Å². The van der Waals surface area contributed by atoms with Crippen LogP contribution in [-0.2, 0) is 26.3 Å². The van der Waals surface area contributed by atoms with E-state index in [0.29, 0.717) is 5.56 Å². The fourth-order valence-corrected chi connectivity index (χ4v) is 3.22. The second-order valence-corrected chi connectivity index (χ2v) is 6.51. The molecule has 148 valence electrons. The Balaban J connectivity index is 2.05. The summed E-state index contributed by atoms with van der Waals surface area (Å²) in [6, 6.07) is 17.3. The molecule has 0 aliphatic carbocycles. The smallest absolute Gasteiger partial charge is 0.404 e. The van der Waals surface area contributed by atoms with Crippen LogP contribution < -0.4 is 11.1 Å². The summed E-state index contributed by atoms with van der Waals surface area (Å²) < 4.78 is 42.6. The first-order valence-electron chi connectivity index (χ1n) is 8.35. The molecule has 3 rings (SSSR count). The summed E-state index contributed by atoms with van der Waals surface area (Å²) in [7, 11) is 1.18. The molecule has 2 atom stereocenters. The van der Waals surface area contributed by atoms with E-state index in [1.807, 2.05) is 0 Å². The van der Waals surface area contributed by atoms with Gasteiger partial charge in [0, 0.05) is 13.5 Å². The first-order chi connectivity index (χ1) is 13.1. The Bertz CT molecular complexity index is 876. The molecule has 0 radical (unpaired) electrons. The number of carbonyl (C=O) groups excluding carboxylic acids is 2. The third kappa shape index (κ3) is 3.46. The lowest BCUT2D eigenvalue weighted by molar-refractivity contribution is -0.228. The van der Waals surface area contributed by atoms with Gasteiger partial charge in [-0.25, -0.2) is 10.1 Å². The normalized spacial score (nSPS) is 25.0. The van der Waals surface area contributed by atoms with Crippen LogP contribution in [0.1, 0.15) is 11.1 Å². The number of carbonyl (C=O) groups is 2. The predicted molar refractivity (Wildman–Crippen MR) is 93.2 cm³/mol. The highest BCUT2D eigenvalue weighted by Crippen LogP contribution is 2.37. The first-order valence-corrected chi connectivity index (χ1v) is 8.35. The molecule has 1 aliphatic rings. The van der Waals surface area contributed by atoms with Gasteiger partial charge in [-0.2, -0.15) is 13.2 Å². The Hall–Kier alpha value is -2.91. The van der Waals surface area contributed by atoms with Crippen molar-refractivity contribution in [2.24, 2.45) is 5.73 Å². The van der Waals surface area contributed by atoms with Crippen molar-refractivity contribution in [3.05, 3.63) is 71.8 Å². The van der Waals surface area contributed by atoms with Crippen LogP contribution in [0.5, 0.6) is 0 Å². The van der Waals surface area contributed by atoms with Crippen molar-refractivity contribution in [2.75, 3.05) is 7.05 Å². The predicted octanol–water partition coefficient (Wildman–Crippen LogP) is 1.86. The molecule has 1 saturated heterocycles. The summed E-state index contributed by atoms with van der Waals surface area (Å²) in [5.74, 6) is -5.58. The number of alkyl halides is 3. The number of esters is 1. The van der Waals surface area contributed by atoms with Gasteiger partial charge >= 0.3 is 18.1 Å². The Morgan fingerprint density at radius 2 is 1.64 bits per heavy atom. The molecule has 1 aliphatic heterocycles. The number of nitrogens with one attached hydrogen (secondary N) is 1. The molecule has 3 N–H and O–H groups in total. The number of amides is 1. The second-order valence-electron chi connectivity index (χ2n) is 6.51. The number of hydrogen-bond donors (Lipinski definition) is 2. The summed E-state index contributed by atoms with van der Waals surface area (Å²) in [6.45, 7) is 0. The van der Waals surface area contributed by atoms with Gasteiger partial charge in [-0.1, -0.05) is 60.7 Å². The fourth-order valence-electron chi connectivity index (χ4n) is 3.22. The van der Waals surface area contributed by atoms with Crippen LogP contribution in [0.3, 0.4) is 0 Å². The van der Waals surface area contributed by atoms with Gasteiger partial charge in [0.25, 0.3) is 5.91 Å². The van der Waals surface area contributed by atoms with Crippen LogP contribution in [0, 0.1) is 0 Å². The van der Waals surface area contributed by atoms with E-state index < -0.39 is 29.6 Å². The Morgan fingerprint density at radius 1 is 1.11 bits per heavy atom. The van der Waals surface area contributed by atoms with Gasteiger partial charge in [0.1, 0.15) is 5.54 Å². The second kappa shape index (κ2) is 6.92. The van der Waals surface area contributed by atoms with E-state index in [1.165, 1.54) is 7.05 Å². The van der Waals surface area contributed by atoms with Gasteiger partial charge in [-0.3, -0.25) is 15.4 Å². The summed E-state index contributed by atoms with van der Waals surface area (Å²) in [6.07, 6.45) is -5.17. The Morgan fingerprint density at radius 3 is 2.18 bits per heavy atom. The number of likely N-dealkylation sites (N-methyl/N-ethyl adjacent to an activating group) is 1. The highest BCUT2D eigenvalue weighted by Gasteiger charge is 2.61. The number of nitrogens with two attached hydrogens (primary N) is 1. The van der Waals surface area contributed by atoms with Gasteiger partial charge in [0.05, 0.1) is 0 Å². The molecule has 1 heterocycles. The lowest BCUT2D eigenvalue weighted by atomic mass is 9.83. The van der Waals surface area contributed by atoms with E-state index in [4.69, 9.17) is 5.73 Å². The third-order valence-corrected chi connectivity index (χ3v) is 4.62. The lowest BCUT2D eigenvalue weighted by Crippen LogP contribution is -2.64. The molecule has 28 heavy (non-hydrogen) atoms. The average Bonchev–Trinajstić information content (AvgIpc) is 2.84. The molecule has 2 aromatic carbocycles. The molecule has 0 bridgehead atoms. The van der Waals surface area contributed by atoms with Gasteiger partial charge in [0.2, 0.25) is 0 Å². The SMILES string of the molecule is CN1C(=O)C(Cc2ccccc2)(c2ccccc2)NC1(N)OC(=O)C(F)(F)F. The molecule has 2 aromatic rings. The molecular weight excluding hydrogens is 375 g/mol. The minimum atomic E-state index is -5.25. The van der Waals surface area contributed by atoms with Crippen LogP contribution in [0.2, 0.25) is 0 Å². The van der Waals surface area contributed by atoms with Crippen LogP contribution in [0.15, 0.2) is 60.7 Å². The third-order valence-electron chi connectivity index (χ3n) is 4.62. The van der Waals surface area contributed by atoms with Gasteiger partial charge in [-0.15, -0.1) is 0 Å². The highest BCUT2D eigenvalue weighted by molar-refractivity contribution is 5.91. The van der Waals surface area contributed by atoms with Crippen LogP contribution >= 0.6 is 0 Å². The summed E-state index contributed by atoms with van der Waals surface area (Å²) in [4.78, 5) is 25.3. The number of halogens is 3. The van der Waals surface area contributed by atoms with Crippen molar-refractivity contribution >= 4 is 11.9 Å². The Labute approximate surface area is 159 Å². The fraction of sp³-hybridized carbons (Fsp3) is 0.263. The monoisotopic (exact) mass is 393 g/mol. The van der Waals surface area contributed by atoms with Crippen molar-refractivity contribution in [1.29, 1.82) is 0 Å². The summed E-state index contributed by atoms with van der Waals surface area (Å²) in [5.41, 5.74) is 5.61. The molecule has 6 nitrogen and oxygen atoms in total. The molecule has 2 unspecified atom stereocenters. The zero-order valence-corrected chi connectivity index (χ0v) is 14.9. The minimum Gasteiger partial charge on any atom is -0.404 e. The van der Waals surface area contributed by atoms with Crippen molar-refractivity contribution in [3.8, 4) is 0 Å². The maximum atomic E-state index is 13.2. The zero-order valence-electron chi connectivity index (χ0n) is 14.9. The van der Waals surface area contributed by atoms with Gasteiger partial charge < -0.3 is 4.74 Å². The Kier molecular flexibility index (Phi) is 4.90. The van der Waals surface area contributed by atoms with Crippen molar-refractivity contribution < 1.29 is 27.5 Å². The molecule has 0 spiro atoms. The summed E-state index contributed by atoms with van der Waals surface area (Å²) in [5, 5.41) is 2.66. The first kappa shape index (κ1) is 19.8. The van der Waals surface area contributed by atoms with Crippen molar-refractivity contribution in [1.82, 2.24) is 10.2 Å². The maximum absolute atomic E-state index is 13.2. The average molecular weight is 393 g/mol. The number of ether oxygens (including phenoxy) is 1. The quantitative estimate of drug-likeness (QED) is 0.612. The van der Waals surface area contributed by atoms with E-state index in [9.17, 15) is 22.8 Å². The largest absolute Gasteiger partial charge is 0.491 e. The summed E-state index contributed by atoms with van der Waals surface area (Å²) >= 11 is 0. The van der Waals surface area contributed by atoms with Gasteiger partial charge in [-0.05, 0) is 11.1 Å². The molecule has 9 heteroatoms. The minimum absolute atomic E-state index is 0.0869. The molecule has 0 aromatic heterocycles. The van der Waals surface area contributed by atoms with E-state index in [2.05, 4.69) is 10.1 Å². The van der Waals surface area contributed by atoms with E-state index >= 15 is 0 Å². The molecule has 0 saturated carbocycles. The molecular formula is C19H18F3N3O3. The number of benzene rings is 2. The zero-order chi connectivity index (χ0) is 20.6. The standard InChI is InChI=1S/C19H18F3N3O3/c1-25-15(26)17(14-10-6-3-7-11-14,12-13-8-4-2-5-9-13)24-19(25,23)28-16(27)18(20,21)22/h2-11,24H,12,23H2,1H3. The number of rotatable bonds is 4. The van der Waals surface area contributed by atoms with Crippen LogP contribution in [-0.4, -0.2) is 36.0 Å². The number of hydrogen-bond acceptors (Lipinski definition) is 5. The maximum Gasteiger partial charge on any atom is 0.491 e. The van der Waals surface area contributed by atoms with Gasteiger partial charge in [0.15, 0.2) is 0 Å². The topological polar surface area (TPSA) is 84.7 Å². The van der Waals surface area contributed by atoms with E-state index in [1.54, 1.807) is 60.7 Å². The van der Waals surface area contributed by atoms with E-state index in [-0.39, 0.29) is 6.42 Å². The number of nitrogens with zero attached hydrogens (tertiary/aromatic N) is 1. The lowest BCUT2D eigenvalue weighted by Gasteiger charge is -2.32. The van der Waals surface area contributed by atoms with E-state index in [0.717, 1.165) is 10.5 Å². The van der Waals surface area contributed by atoms with Crippen molar-refractivity contribution in [3.63, 3.8) is 0 Å². The van der Waals surface area contributed by atoms with Crippen LogP contribution in [0.4, 0.5) is 13.2 Å². The molecule has 1 fully saturated rings.